The molecule has 0 aliphatic heterocycles. The fourth-order valence-corrected chi connectivity index (χ4v) is 3.86. The van der Waals surface area contributed by atoms with E-state index in [-0.39, 0.29) is 0 Å². The number of carboxylic acids is 1. The number of nitrogens with zero attached hydrogens (tertiary/aromatic N) is 2. The molecule has 1 heterocycles. The summed E-state index contributed by atoms with van der Waals surface area (Å²) in [4.78, 5) is 16.7. The number of aromatic nitrogens is 2. The van der Waals surface area contributed by atoms with Gasteiger partial charge in [0.25, 0.3) is 0 Å². The number of fused-ring (bicyclic) bond motifs is 1. The van der Waals surface area contributed by atoms with Crippen molar-refractivity contribution in [1.82, 2.24) is 9.36 Å². The van der Waals surface area contributed by atoms with Gasteiger partial charge in [-0.2, -0.15) is 4.37 Å². The second kappa shape index (κ2) is 5.83. The molecule has 0 saturated carbocycles. The molecule has 21 heavy (non-hydrogen) atoms. The van der Waals surface area contributed by atoms with E-state index in [4.69, 9.17) is 0 Å². The minimum atomic E-state index is -0.910. The third-order valence-electron chi connectivity index (χ3n) is 3.08. The molecule has 0 radical (unpaired) electrons. The van der Waals surface area contributed by atoms with Crippen molar-refractivity contribution in [3.63, 3.8) is 0 Å². The normalized spacial score (nSPS) is 10.9. The molecule has 0 unspecified atom stereocenters. The van der Waals surface area contributed by atoms with E-state index < -0.39 is 5.97 Å². The van der Waals surface area contributed by atoms with Crippen LogP contribution in [0.25, 0.3) is 10.8 Å². The predicted molar refractivity (Wildman–Crippen MR) is 84.3 cm³/mol. The van der Waals surface area contributed by atoms with Crippen LogP contribution in [0.5, 0.6) is 0 Å². The standard InChI is InChI=1S/C15H12N2O2S2/c1-2-13-16-15(21-17-13)20-12-8-7-11(14(18)19)9-5-3-4-6-10(9)12/h3-8H,2H2,1H3,(H,18,19). The molecule has 0 atom stereocenters. The summed E-state index contributed by atoms with van der Waals surface area (Å²) in [7, 11) is 0. The molecule has 3 aromatic rings. The summed E-state index contributed by atoms with van der Waals surface area (Å²) in [6.45, 7) is 2.02. The van der Waals surface area contributed by atoms with E-state index in [9.17, 15) is 9.90 Å². The Morgan fingerprint density at radius 3 is 2.67 bits per heavy atom. The first kappa shape index (κ1) is 14.0. The van der Waals surface area contributed by atoms with Crippen molar-refractivity contribution in [2.45, 2.75) is 22.6 Å². The zero-order valence-corrected chi connectivity index (χ0v) is 12.9. The van der Waals surface area contributed by atoms with Gasteiger partial charge in [0, 0.05) is 11.3 Å². The number of carbonyl (C=O) groups is 1. The Morgan fingerprint density at radius 1 is 1.24 bits per heavy atom. The highest BCUT2D eigenvalue weighted by Gasteiger charge is 2.13. The molecular formula is C15H12N2O2S2. The number of benzene rings is 2. The fourth-order valence-electron chi connectivity index (χ4n) is 2.06. The van der Waals surface area contributed by atoms with Gasteiger partial charge in [0.05, 0.1) is 5.56 Å². The lowest BCUT2D eigenvalue weighted by Crippen LogP contribution is -1.97. The fraction of sp³-hybridized carbons (Fsp3) is 0.133. The smallest absolute Gasteiger partial charge is 0.336 e. The highest BCUT2D eigenvalue weighted by Crippen LogP contribution is 2.35. The van der Waals surface area contributed by atoms with Crippen molar-refractivity contribution in [3.05, 3.63) is 47.8 Å². The molecule has 0 saturated heterocycles. The van der Waals surface area contributed by atoms with Gasteiger partial charge in [0.1, 0.15) is 5.82 Å². The number of aryl methyl sites for hydroxylation is 1. The molecule has 0 bridgehead atoms. The van der Waals surface area contributed by atoms with Crippen molar-refractivity contribution in [2.75, 3.05) is 0 Å². The number of hydrogen-bond acceptors (Lipinski definition) is 5. The average molecular weight is 316 g/mol. The van der Waals surface area contributed by atoms with Crippen LogP contribution in [-0.2, 0) is 6.42 Å². The first-order valence-corrected chi connectivity index (χ1v) is 8.03. The number of carboxylic acid groups (broad SMARTS) is 1. The molecule has 4 nitrogen and oxygen atoms in total. The Kier molecular flexibility index (Phi) is 3.90. The van der Waals surface area contributed by atoms with Crippen molar-refractivity contribution < 1.29 is 9.90 Å². The van der Waals surface area contributed by atoms with E-state index in [1.54, 1.807) is 6.07 Å². The van der Waals surface area contributed by atoms with Crippen LogP contribution in [0.3, 0.4) is 0 Å². The first-order chi connectivity index (χ1) is 10.2. The lowest BCUT2D eigenvalue weighted by Gasteiger charge is -2.07. The van der Waals surface area contributed by atoms with E-state index in [1.165, 1.54) is 23.3 Å². The summed E-state index contributed by atoms with van der Waals surface area (Å²) in [5.74, 6) is -0.0686. The topological polar surface area (TPSA) is 63.1 Å². The predicted octanol–water partition coefficient (Wildman–Crippen LogP) is 4.10. The molecule has 106 valence electrons. The van der Waals surface area contributed by atoms with E-state index in [2.05, 4.69) is 9.36 Å². The molecule has 1 aromatic heterocycles. The maximum absolute atomic E-state index is 11.3. The Bertz CT molecular complexity index is 814. The molecule has 6 heteroatoms. The van der Waals surface area contributed by atoms with Gasteiger partial charge in [-0.1, -0.05) is 43.0 Å². The van der Waals surface area contributed by atoms with Crippen LogP contribution in [0.2, 0.25) is 0 Å². The third kappa shape index (κ3) is 2.77. The highest BCUT2D eigenvalue weighted by atomic mass is 32.2. The van der Waals surface area contributed by atoms with Crippen LogP contribution < -0.4 is 0 Å². The van der Waals surface area contributed by atoms with E-state index >= 15 is 0 Å². The van der Waals surface area contributed by atoms with Gasteiger partial charge in [-0.15, -0.1) is 0 Å². The monoisotopic (exact) mass is 316 g/mol. The Morgan fingerprint density at radius 2 is 2.00 bits per heavy atom. The lowest BCUT2D eigenvalue weighted by atomic mass is 10.0. The van der Waals surface area contributed by atoms with Crippen LogP contribution in [0, 0.1) is 0 Å². The zero-order chi connectivity index (χ0) is 14.8. The number of aromatic carboxylic acids is 1. The van der Waals surface area contributed by atoms with Gasteiger partial charge in [0.2, 0.25) is 0 Å². The summed E-state index contributed by atoms with van der Waals surface area (Å²) in [6.07, 6.45) is 0.815. The molecule has 1 N–H and O–H groups in total. The molecule has 0 amide bonds. The van der Waals surface area contributed by atoms with Crippen LogP contribution in [-0.4, -0.2) is 20.4 Å². The van der Waals surface area contributed by atoms with Crippen molar-refractivity contribution >= 4 is 40.0 Å². The summed E-state index contributed by atoms with van der Waals surface area (Å²) < 4.78 is 5.15. The van der Waals surface area contributed by atoms with Gasteiger partial charge >= 0.3 is 5.97 Å². The minimum Gasteiger partial charge on any atom is -0.478 e. The maximum Gasteiger partial charge on any atom is 0.336 e. The van der Waals surface area contributed by atoms with Gasteiger partial charge in [-0.3, -0.25) is 0 Å². The molecular weight excluding hydrogens is 304 g/mol. The van der Waals surface area contributed by atoms with Crippen LogP contribution in [0.15, 0.2) is 45.6 Å². The molecule has 0 spiro atoms. The van der Waals surface area contributed by atoms with Crippen LogP contribution in [0.1, 0.15) is 23.1 Å². The summed E-state index contributed by atoms with van der Waals surface area (Å²) in [5, 5.41) is 10.9. The number of rotatable bonds is 4. The second-order valence-corrected chi connectivity index (χ2v) is 6.44. The quantitative estimate of drug-likeness (QED) is 0.785. The maximum atomic E-state index is 11.3. The molecule has 0 fully saturated rings. The summed E-state index contributed by atoms with van der Waals surface area (Å²) >= 11 is 2.90. The van der Waals surface area contributed by atoms with E-state index in [0.717, 1.165) is 32.3 Å². The zero-order valence-electron chi connectivity index (χ0n) is 11.2. The Balaban J connectivity index is 2.07. The summed E-state index contributed by atoms with van der Waals surface area (Å²) in [6, 6.07) is 11.0. The summed E-state index contributed by atoms with van der Waals surface area (Å²) in [5.41, 5.74) is 0.321. The van der Waals surface area contributed by atoms with Gasteiger partial charge in [-0.25, -0.2) is 9.78 Å². The SMILES string of the molecule is CCc1nsc(Sc2ccc(C(=O)O)c3ccccc23)n1. The molecule has 3 rings (SSSR count). The largest absolute Gasteiger partial charge is 0.478 e. The van der Waals surface area contributed by atoms with Gasteiger partial charge < -0.3 is 5.11 Å². The van der Waals surface area contributed by atoms with E-state index in [0.29, 0.717) is 5.56 Å². The van der Waals surface area contributed by atoms with Crippen LogP contribution in [0.4, 0.5) is 0 Å². The first-order valence-electron chi connectivity index (χ1n) is 6.44. The van der Waals surface area contributed by atoms with Crippen molar-refractivity contribution in [2.24, 2.45) is 0 Å². The molecule has 0 aliphatic carbocycles. The minimum absolute atomic E-state index is 0.321. The highest BCUT2D eigenvalue weighted by molar-refractivity contribution is 8.01. The van der Waals surface area contributed by atoms with Crippen molar-refractivity contribution in [1.29, 1.82) is 0 Å². The lowest BCUT2D eigenvalue weighted by molar-refractivity contribution is 0.0699. The third-order valence-corrected chi connectivity index (χ3v) is 4.94. The Labute approximate surface area is 130 Å². The Hall–Kier alpha value is -1.92. The number of hydrogen-bond donors (Lipinski definition) is 1. The van der Waals surface area contributed by atoms with Crippen LogP contribution >= 0.6 is 23.3 Å². The average Bonchev–Trinajstić information content (AvgIpc) is 2.95. The van der Waals surface area contributed by atoms with E-state index in [1.807, 2.05) is 37.3 Å². The molecule has 2 aromatic carbocycles. The van der Waals surface area contributed by atoms with Gasteiger partial charge in [0.15, 0.2) is 4.34 Å². The van der Waals surface area contributed by atoms with Crippen molar-refractivity contribution in [3.8, 4) is 0 Å². The molecule has 0 aliphatic rings. The second-order valence-electron chi connectivity index (χ2n) is 4.39. The van der Waals surface area contributed by atoms with Gasteiger partial charge in [-0.05, 0) is 34.4 Å².